The van der Waals surface area contributed by atoms with Crippen LogP contribution in [0.4, 0.5) is 10.1 Å². The number of hydrogen-bond donors (Lipinski definition) is 1. The average molecular weight is 493 g/mol. The van der Waals surface area contributed by atoms with Crippen LogP contribution in [-0.4, -0.2) is 14.7 Å². The highest BCUT2D eigenvalue weighted by Crippen LogP contribution is 2.42. The van der Waals surface area contributed by atoms with E-state index >= 15 is 0 Å². The molecule has 0 spiro atoms. The van der Waals surface area contributed by atoms with Crippen LogP contribution in [0.2, 0.25) is 0 Å². The molecule has 4 nitrogen and oxygen atoms in total. The van der Waals surface area contributed by atoms with Crippen molar-refractivity contribution in [1.82, 2.24) is 14.9 Å². The van der Waals surface area contributed by atoms with E-state index in [1.165, 1.54) is 6.07 Å². The number of para-hydroxylation sites is 1. The third-order valence-corrected chi connectivity index (χ3v) is 6.24. The summed E-state index contributed by atoms with van der Waals surface area (Å²) >= 11 is 9.19. The third-order valence-electron chi connectivity index (χ3n) is 5.40. The van der Waals surface area contributed by atoms with E-state index in [0.29, 0.717) is 10.8 Å². The van der Waals surface area contributed by atoms with E-state index in [9.17, 15) is 4.39 Å². The average Bonchev–Trinajstić information content (AvgIpc) is 3.40. The van der Waals surface area contributed by atoms with Crippen molar-refractivity contribution >= 4 is 38.9 Å². The highest BCUT2D eigenvalue weighted by Gasteiger charge is 2.42. The number of hydrogen-bond acceptors (Lipinski definition) is 2. The Morgan fingerprint density at radius 3 is 2.45 bits per heavy atom. The number of thiocarbonyl (C=S) groups is 1. The van der Waals surface area contributed by atoms with Gasteiger partial charge in [-0.25, -0.2) is 4.39 Å². The van der Waals surface area contributed by atoms with Gasteiger partial charge in [0.15, 0.2) is 5.11 Å². The maximum Gasteiger partial charge on any atom is 0.174 e. The van der Waals surface area contributed by atoms with Crippen molar-refractivity contribution in [2.45, 2.75) is 12.1 Å². The van der Waals surface area contributed by atoms with E-state index < -0.39 is 0 Å². The molecule has 0 aliphatic carbocycles. The van der Waals surface area contributed by atoms with Crippen molar-refractivity contribution in [2.75, 3.05) is 4.90 Å². The Morgan fingerprint density at radius 2 is 1.71 bits per heavy atom. The molecule has 1 aliphatic rings. The second kappa shape index (κ2) is 8.24. The minimum atomic E-state index is -0.319. The second-order valence-electron chi connectivity index (χ2n) is 7.23. The summed E-state index contributed by atoms with van der Waals surface area (Å²) in [6, 6.07) is 24.1. The lowest BCUT2D eigenvalue weighted by Crippen LogP contribution is -2.31. The smallest absolute Gasteiger partial charge is 0.174 e. The second-order valence-corrected chi connectivity index (χ2v) is 8.53. The van der Waals surface area contributed by atoms with Crippen LogP contribution in [0.3, 0.4) is 0 Å². The Balaban J connectivity index is 1.68. The quantitative estimate of drug-likeness (QED) is 0.356. The van der Waals surface area contributed by atoms with Gasteiger partial charge in [0.05, 0.1) is 17.4 Å². The first-order valence-electron chi connectivity index (χ1n) is 9.82. The molecule has 0 amide bonds. The molecular weight excluding hydrogens is 475 g/mol. The van der Waals surface area contributed by atoms with Crippen molar-refractivity contribution in [2.24, 2.45) is 0 Å². The number of benzene rings is 2. The number of anilines is 1. The Morgan fingerprint density at radius 1 is 0.935 bits per heavy atom. The van der Waals surface area contributed by atoms with Crippen LogP contribution in [0.5, 0.6) is 0 Å². The molecule has 3 heterocycles. The monoisotopic (exact) mass is 492 g/mol. The minimum absolute atomic E-state index is 0.239. The lowest BCUT2D eigenvalue weighted by molar-refractivity contribution is 0.542. The molecule has 5 rings (SSSR count). The van der Waals surface area contributed by atoms with Crippen LogP contribution in [0, 0.1) is 5.82 Å². The fraction of sp³-hybridized carbons (Fsp3) is 0.0833. The zero-order chi connectivity index (χ0) is 21.4. The summed E-state index contributed by atoms with van der Waals surface area (Å²) in [5.74, 6) is -0.319. The maximum absolute atomic E-state index is 14.9. The van der Waals surface area contributed by atoms with E-state index in [4.69, 9.17) is 12.2 Å². The molecule has 7 heteroatoms. The zero-order valence-corrected chi connectivity index (χ0v) is 18.7. The summed E-state index contributed by atoms with van der Waals surface area (Å²) in [5, 5.41) is 3.85. The van der Waals surface area contributed by atoms with Gasteiger partial charge in [0.25, 0.3) is 0 Å². The predicted molar refractivity (Wildman–Crippen MR) is 128 cm³/mol. The molecule has 2 aromatic carbocycles. The molecule has 2 aromatic heterocycles. The van der Waals surface area contributed by atoms with Crippen LogP contribution in [0.1, 0.15) is 23.5 Å². The number of aromatic nitrogens is 2. The highest BCUT2D eigenvalue weighted by molar-refractivity contribution is 9.10. The summed E-state index contributed by atoms with van der Waals surface area (Å²) in [5.41, 5.74) is 3.27. The number of nitrogens with zero attached hydrogens (tertiary/aromatic N) is 3. The SMILES string of the molecule is Fc1ccccc1N1C(=S)N[C@H](c2ccccn2)[C@H]1c1cccn1-c1ccc(Br)cc1. The maximum atomic E-state index is 14.9. The van der Waals surface area contributed by atoms with E-state index in [0.717, 1.165) is 21.5 Å². The molecule has 0 unspecified atom stereocenters. The van der Waals surface area contributed by atoms with Crippen LogP contribution in [0.15, 0.2) is 95.7 Å². The van der Waals surface area contributed by atoms with Gasteiger partial charge in [-0.3, -0.25) is 4.98 Å². The lowest BCUT2D eigenvalue weighted by atomic mass is 10.0. The van der Waals surface area contributed by atoms with Gasteiger partial charge in [-0.15, -0.1) is 0 Å². The van der Waals surface area contributed by atoms with E-state index in [1.807, 2.05) is 71.8 Å². The van der Waals surface area contributed by atoms with Crippen molar-refractivity contribution in [1.29, 1.82) is 0 Å². The van der Waals surface area contributed by atoms with Gasteiger partial charge < -0.3 is 14.8 Å². The van der Waals surface area contributed by atoms with Gasteiger partial charge in [-0.05, 0) is 72.9 Å². The topological polar surface area (TPSA) is 33.1 Å². The Bertz CT molecular complexity index is 1230. The van der Waals surface area contributed by atoms with E-state index in [1.54, 1.807) is 18.3 Å². The lowest BCUT2D eigenvalue weighted by Gasteiger charge is -2.29. The summed E-state index contributed by atoms with van der Waals surface area (Å²) < 4.78 is 18.0. The molecule has 0 bridgehead atoms. The molecule has 154 valence electrons. The van der Waals surface area contributed by atoms with Gasteiger partial charge in [0.1, 0.15) is 11.9 Å². The fourth-order valence-electron chi connectivity index (χ4n) is 4.03. The molecule has 1 saturated heterocycles. The first-order chi connectivity index (χ1) is 15.1. The molecule has 0 radical (unpaired) electrons. The number of pyridine rings is 1. The molecule has 1 aliphatic heterocycles. The Hall–Kier alpha value is -3.03. The van der Waals surface area contributed by atoms with Crippen molar-refractivity contribution in [3.8, 4) is 5.69 Å². The molecule has 1 N–H and O–H groups in total. The predicted octanol–water partition coefficient (Wildman–Crippen LogP) is 5.95. The summed E-state index contributed by atoms with van der Waals surface area (Å²) in [4.78, 5) is 6.42. The summed E-state index contributed by atoms with van der Waals surface area (Å²) in [6.07, 6.45) is 3.77. The Kier molecular flexibility index (Phi) is 5.29. The molecular formula is C24H18BrFN4S. The molecule has 1 fully saturated rings. The number of halogens is 2. The van der Waals surface area contributed by atoms with Gasteiger partial charge >= 0.3 is 0 Å². The first-order valence-corrected chi connectivity index (χ1v) is 11.0. The van der Waals surface area contributed by atoms with Gasteiger partial charge in [-0.2, -0.15) is 0 Å². The van der Waals surface area contributed by atoms with Crippen molar-refractivity contribution in [3.05, 3.63) is 113 Å². The molecule has 0 saturated carbocycles. The number of nitrogens with one attached hydrogen (secondary N) is 1. The fourth-order valence-corrected chi connectivity index (χ4v) is 4.64. The normalized spacial score (nSPS) is 18.3. The standard InChI is InChI=1S/C24H18BrFN4S/c25-16-10-12-17(13-11-16)29-15-5-9-21(29)23-22(19-7-3-4-14-27-19)28-24(31)30(23)20-8-2-1-6-18(20)26/h1-15,22-23H,(H,28,31)/t22-,23-/m1/s1. The largest absolute Gasteiger partial charge is 0.351 e. The van der Waals surface area contributed by atoms with Crippen molar-refractivity contribution in [3.63, 3.8) is 0 Å². The van der Waals surface area contributed by atoms with Gasteiger partial charge in [-0.1, -0.05) is 34.1 Å². The molecule has 4 aromatic rings. The zero-order valence-electron chi connectivity index (χ0n) is 16.3. The van der Waals surface area contributed by atoms with Crippen LogP contribution < -0.4 is 10.2 Å². The van der Waals surface area contributed by atoms with Crippen molar-refractivity contribution < 1.29 is 4.39 Å². The summed E-state index contributed by atoms with van der Waals surface area (Å²) in [6.45, 7) is 0. The third kappa shape index (κ3) is 3.64. The van der Waals surface area contributed by atoms with Gasteiger partial charge in [0, 0.05) is 28.2 Å². The first kappa shape index (κ1) is 19.9. The minimum Gasteiger partial charge on any atom is -0.351 e. The highest BCUT2D eigenvalue weighted by atomic mass is 79.9. The van der Waals surface area contributed by atoms with Crippen LogP contribution in [-0.2, 0) is 0 Å². The molecule has 31 heavy (non-hydrogen) atoms. The van der Waals surface area contributed by atoms with Crippen LogP contribution >= 0.6 is 28.1 Å². The Labute approximate surface area is 193 Å². The van der Waals surface area contributed by atoms with Crippen LogP contribution in [0.25, 0.3) is 5.69 Å². The van der Waals surface area contributed by atoms with E-state index in [-0.39, 0.29) is 17.9 Å². The van der Waals surface area contributed by atoms with Gasteiger partial charge in [0.2, 0.25) is 0 Å². The molecule has 2 atom stereocenters. The van der Waals surface area contributed by atoms with E-state index in [2.05, 4.69) is 30.8 Å². The number of rotatable bonds is 4. The summed E-state index contributed by atoms with van der Waals surface area (Å²) in [7, 11) is 0.